The molecule has 0 radical (unpaired) electrons. The van der Waals surface area contributed by atoms with Crippen LogP contribution in [0.5, 0.6) is 5.75 Å². The van der Waals surface area contributed by atoms with Crippen molar-refractivity contribution in [2.45, 2.75) is 12.8 Å². The molecule has 2 heterocycles. The highest BCUT2D eigenvalue weighted by Gasteiger charge is 2.59. The molecule has 2 aromatic carbocycles. The summed E-state index contributed by atoms with van der Waals surface area (Å²) in [5.74, 6) is -1.79. The molecule has 1 saturated carbocycles. The summed E-state index contributed by atoms with van der Waals surface area (Å²) in [5, 5.41) is 0.564. The summed E-state index contributed by atoms with van der Waals surface area (Å²) >= 11 is 5.92. The number of esters is 1. The lowest BCUT2D eigenvalue weighted by Gasteiger charge is -2.18. The van der Waals surface area contributed by atoms with Crippen LogP contribution in [0.15, 0.2) is 60.7 Å². The Labute approximate surface area is 200 Å². The highest BCUT2D eigenvalue weighted by Crippen LogP contribution is 2.53. The Morgan fingerprint density at radius 2 is 1.59 bits per heavy atom. The lowest BCUT2D eigenvalue weighted by Crippen LogP contribution is -2.32. The number of amides is 3. The molecule has 3 amide bonds. The molecule has 0 unspecified atom stereocenters. The standard InChI is InChI=1S/C26H21ClN2O5/c27-17-6-8-18(9-7-17)28-13-16(11-21(28)30)26(33)34-20-3-1-2-19(12-20)29-24(31)22-14-4-5-15(10-14)23(22)25(29)32/h1-9,12,14-16,22-23H,10-11,13H2/t14-,15+,16-,22-,23+/m1/s1. The zero-order valence-electron chi connectivity index (χ0n) is 18.1. The highest BCUT2D eigenvalue weighted by atomic mass is 35.5. The molecular weight excluding hydrogens is 456 g/mol. The van der Waals surface area contributed by atoms with Gasteiger partial charge in [-0.25, -0.2) is 4.90 Å². The van der Waals surface area contributed by atoms with Gasteiger partial charge in [-0.15, -0.1) is 0 Å². The summed E-state index contributed by atoms with van der Waals surface area (Å²) < 4.78 is 5.57. The van der Waals surface area contributed by atoms with Crippen molar-refractivity contribution in [2.24, 2.45) is 29.6 Å². The molecule has 0 spiro atoms. The summed E-state index contributed by atoms with van der Waals surface area (Å²) in [6.07, 6.45) is 5.01. The third kappa shape index (κ3) is 3.26. The van der Waals surface area contributed by atoms with Crippen LogP contribution in [-0.4, -0.2) is 30.2 Å². The van der Waals surface area contributed by atoms with Gasteiger partial charge in [0, 0.05) is 29.7 Å². The summed E-state index contributed by atoms with van der Waals surface area (Å²) in [7, 11) is 0. The summed E-state index contributed by atoms with van der Waals surface area (Å²) in [6.45, 7) is 0.210. The SMILES string of the molecule is O=C(Oc1cccc(N2C(=O)[C@@H]3[C@H](C2=O)[C@@H]2C=C[C@H]3C2)c1)[C@@H]1CC(=O)N(c2ccc(Cl)cc2)C1. The Morgan fingerprint density at radius 1 is 0.912 bits per heavy atom. The van der Waals surface area contributed by atoms with Crippen molar-refractivity contribution in [1.82, 2.24) is 0 Å². The minimum Gasteiger partial charge on any atom is -0.426 e. The average Bonchev–Trinajstić information content (AvgIpc) is 3.58. The van der Waals surface area contributed by atoms with E-state index in [1.165, 1.54) is 11.0 Å². The van der Waals surface area contributed by atoms with E-state index in [9.17, 15) is 19.2 Å². The van der Waals surface area contributed by atoms with Crippen molar-refractivity contribution < 1.29 is 23.9 Å². The van der Waals surface area contributed by atoms with Crippen molar-refractivity contribution in [3.8, 4) is 5.75 Å². The minimum atomic E-state index is -0.622. The predicted molar refractivity (Wildman–Crippen MR) is 124 cm³/mol. The number of benzene rings is 2. The van der Waals surface area contributed by atoms with Crippen molar-refractivity contribution in [3.05, 3.63) is 65.7 Å². The van der Waals surface area contributed by atoms with Crippen LogP contribution in [-0.2, 0) is 19.2 Å². The van der Waals surface area contributed by atoms with E-state index in [1.54, 1.807) is 47.4 Å². The van der Waals surface area contributed by atoms with E-state index in [1.807, 2.05) is 0 Å². The van der Waals surface area contributed by atoms with Crippen molar-refractivity contribution >= 4 is 46.7 Å². The molecular formula is C26H21ClN2O5. The van der Waals surface area contributed by atoms with Crippen LogP contribution in [0.2, 0.25) is 5.02 Å². The lowest BCUT2D eigenvalue weighted by molar-refractivity contribution is -0.139. The Bertz CT molecular complexity index is 1230. The summed E-state index contributed by atoms with van der Waals surface area (Å²) in [5.41, 5.74) is 1.08. The van der Waals surface area contributed by atoms with E-state index in [4.69, 9.17) is 16.3 Å². The van der Waals surface area contributed by atoms with E-state index < -0.39 is 11.9 Å². The molecule has 2 aliphatic heterocycles. The first kappa shape index (κ1) is 21.1. The number of halogens is 1. The van der Waals surface area contributed by atoms with E-state index >= 15 is 0 Å². The molecule has 7 nitrogen and oxygen atoms in total. The van der Waals surface area contributed by atoms with Gasteiger partial charge < -0.3 is 9.64 Å². The summed E-state index contributed by atoms with van der Waals surface area (Å²) in [6, 6.07) is 13.3. The number of fused-ring (bicyclic) bond motifs is 5. The number of allylic oxidation sites excluding steroid dienone is 2. The van der Waals surface area contributed by atoms with Crippen molar-refractivity contribution in [2.75, 3.05) is 16.3 Å². The zero-order valence-corrected chi connectivity index (χ0v) is 18.9. The maximum atomic E-state index is 13.1. The molecule has 0 aromatic heterocycles. The molecule has 34 heavy (non-hydrogen) atoms. The van der Waals surface area contributed by atoms with Crippen LogP contribution >= 0.6 is 11.6 Å². The van der Waals surface area contributed by atoms with E-state index in [-0.39, 0.29) is 60.1 Å². The number of rotatable bonds is 4. The predicted octanol–water partition coefficient (Wildman–Crippen LogP) is 3.61. The second-order valence-electron chi connectivity index (χ2n) is 9.31. The molecule has 8 heteroatoms. The fourth-order valence-electron chi connectivity index (χ4n) is 5.78. The Morgan fingerprint density at radius 3 is 2.26 bits per heavy atom. The molecule has 2 aromatic rings. The number of imide groups is 1. The Balaban J connectivity index is 1.16. The second kappa shape index (κ2) is 7.81. The number of carbonyl (C=O) groups is 4. The monoisotopic (exact) mass is 476 g/mol. The first-order valence-electron chi connectivity index (χ1n) is 11.3. The van der Waals surface area contributed by atoms with Gasteiger partial charge in [0.15, 0.2) is 0 Å². The topological polar surface area (TPSA) is 84.0 Å². The van der Waals surface area contributed by atoms with Gasteiger partial charge in [-0.3, -0.25) is 19.2 Å². The third-order valence-electron chi connectivity index (χ3n) is 7.36. The normalized spacial score (nSPS) is 29.3. The van der Waals surface area contributed by atoms with Crippen LogP contribution in [0.1, 0.15) is 12.8 Å². The smallest absolute Gasteiger partial charge is 0.316 e. The molecule has 2 bridgehead atoms. The molecule has 4 aliphatic rings. The number of hydrogen-bond acceptors (Lipinski definition) is 5. The van der Waals surface area contributed by atoms with Gasteiger partial charge in [-0.1, -0.05) is 29.8 Å². The number of nitrogens with zero attached hydrogens (tertiary/aromatic N) is 2. The molecule has 3 fully saturated rings. The van der Waals surface area contributed by atoms with Gasteiger partial charge in [0.2, 0.25) is 17.7 Å². The van der Waals surface area contributed by atoms with Gasteiger partial charge in [-0.2, -0.15) is 0 Å². The fraction of sp³-hybridized carbons (Fsp3) is 0.308. The molecule has 0 N–H and O–H groups in total. The first-order valence-corrected chi connectivity index (χ1v) is 11.7. The maximum Gasteiger partial charge on any atom is 0.316 e. The number of ether oxygens (including phenoxy) is 1. The minimum absolute atomic E-state index is 0.0450. The van der Waals surface area contributed by atoms with E-state index in [0.717, 1.165) is 6.42 Å². The van der Waals surface area contributed by atoms with Crippen LogP contribution in [0.4, 0.5) is 11.4 Å². The Kier molecular flexibility index (Phi) is 4.85. The molecule has 6 rings (SSSR count). The van der Waals surface area contributed by atoms with Crippen molar-refractivity contribution in [1.29, 1.82) is 0 Å². The first-order chi connectivity index (χ1) is 16.4. The van der Waals surface area contributed by atoms with E-state index in [0.29, 0.717) is 16.4 Å². The third-order valence-corrected chi connectivity index (χ3v) is 7.61. The summed E-state index contributed by atoms with van der Waals surface area (Å²) in [4.78, 5) is 54.2. The number of anilines is 2. The van der Waals surface area contributed by atoms with Gasteiger partial charge >= 0.3 is 5.97 Å². The fourth-order valence-corrected chi connectivity index (χ4v) is 5.90. The molecule has 5 atom stereocenters. The van der Waals surface area contributed by atoms with Crippen molar-refractivity contribution in [3.63, 3.8) is 0 Å². The molecule has 2 aliphatic carbocycles. The number of carbonyl (C=O) groups excluding carboxylic acids is 4. The lowest BCUT2D eigenvalue weighted by atomic mass is 9.85. The Hall–Kier alpha value is -3.45. The number of hydrogen-bond donors (Lipinski definition) is 0. The van der Waals surface area contributed by atoms with Gasteiger partial charge in [0.1, 0.15) is 5.75 Å². The largest absolute Gasteiger partial charge is 0.426 e. The van der Waals surface area contributed by atoms with Crippen LogP contribution in [0.3, 0.4) is 0 Å². The molecule has 172 valence electrons. The van der Waals surface area contributed by atoms with Gasteiger partial charge in [-0.05, 0) is 54.7 Å². The zero-order chi connectivity index (χ0) is 23.6. The molecule has 2 saturated heterocycles. The van der Waals surface area contributed by atoms with Gasteiger partial charge in [0.25, 0.3) is 0 Å². The maximum absolute atomic E-state index is 13.1. The van der Waals surface area contributed by atoms with Gasteiger partial charge in [0.05, 0.1) is 23.4 Å². The van der Waals surface area contributed by atoms with Crippen LogP contribution < -0.4 is 14.5 Å². The highest BCUT2D eigenvalue weighted by molar-refractivity contribution is 6.30. The van der Waals surface area contributed by atoms with Crippen LogP contribution in [0.25, 0.3) is 0 Å². The van der Waals surface area contributed by atoms with E-state index in [2.05, 4.69) is 12.2 Å². The second-order valence-corrected chi connectivity index (χ2v) is 9.75. The van der Waals surface area contributed by atoms with Crippen LogP contribution in [0, 0.1) is 29.6 Å². The average molecular weight is 477 g/mol. The quantitative estimate of drug-likeness (QED) is 0.291.